The monoisotopic (exact) mass is 252 g/mol. The standard InChI is InChI=1S/C10H16.C6H12O2/c1-2-9-7-4-5-8(6-7)10(9)3-1;1-4-5(2)6(7)8-3/h7-10H,1-6H2;5H,4H2,1-3H3. The summed E-state index contributed by atoms with van der Waals surface area (Å²) in [5.41, 5.74) is 0. The smallest absolute Gasteiger partial charge is 0.308 e. The Bertz CT molecular complexity index is 271. The number of methoxy groups -OCH3 is 1. The van der Waals surface area contributed by atoms with E-state index >= 15 is 0 Å². The molecule has 2 bridgehead atoms. The average Bonchev–Trinajstić information content (AvgIpc) is 3.09. The Morgan fingerprint density at radius 1 is 1.17 bits per heavy atom. The fourth-order valence-corrected chi connectivity index (χ4v) is 4.39. The molecule has 0 aromatic heterocycles. The molecule has 2 nitrogen and oxygen atoms in total. The Balaban J connectivity index is 0.000000139. The Morgan fingerprint density at radius 3 is 2.11 bits per heavy atom. The number of rotatable bonds is 2. The van der Waals surface area contributed by atoms with E-state index in [9.17, 15) is 4.79 Å². The Kier molecular flexibility index (Phi) is 4.69. The summed E-state index contributed by atoms with van der Waals surface area (Å²) in [4.78, 5) is 10.5. The van der Waals surface area contributed by atoms with Crippen molar-refractivity contribution in [3.63, 3.8) is 0 Å². The zero-order valence-corrected chi connectivity index (χ0v) is 12.2. The predicted octanol–water partition coefficient (Wildman–Crippen LogP) is 4.04. The van der Waals surface area contributed by atoms with Gasteiger partial charge in [0.25, 0.3) is 0 Å². The quantitative estimate of drug-likeness (QED) is 0.693. The highest BCUT2D eigenvalue weighted by Gasteiger charge is 2.48. The summed E-state index contributed by atoms with van der Waals surface area (Å²) in [6.07, 6.45) is 10.4. The van der Waals surface area contributed by atoms with Crippen LogP contribution >= 0.6 is 0 Å². The number of hydrogen-bond acceptors (Lipinski definition) is 2. The number of esters is 1. The molecule has 3 aliphatic rings. The summed E-state index contributed by atoms with van der Waals surface area (Å²) in [6, 6.07) is 0. The number of hydrogen-bond donors (Lipinski definition) is 0. The van der Waals surface area contributed by atoms with Crippen molar-refractivity contribution in [2.45, 2.75) is 58.8 Å². The minimum absolute atomic E-state index is 0.0556. The van der Waals surface area contributed by atoms with Gasteiger partial charge in [-0.3, -0.25) is 4.79 Å². The molecule has 3 rings (SSSR count). The van der Waals surface area contributed by atoms with Crippen molar-refractivity contribution >= 4 is 5.97 Å². The van der Waals surface area contributed by atoms with Crippen LogP contribution in [0.2, 0.25) is 0 Å². The third-order valence-electron chi connectivity index (χ3n) is 5.57. The van der Waals surface area contributed by atoms with E-state index in [4.69, 9.17) is 0 Å². The highest BCUT2D eigenvalue weighted by Crippen LogP contribution is 2.58. The molecule has 5 unspecified atom stereocenters. The first-order valence-corrected chi connectivity index (χ1v) is 7.75. The van der Waals surface area contributed by atoms with Crippen LogP contribution in [0.25, 0.3) is 0 Å². The highest BCUT2D eigenvalue weighted by atomic mass is 16.5. The van der Waals surface area contributed by atoms with Gasteiger partial charge in [0.1, 0.15) is 0 Å². The van der Waals surface area contributed by atoms with Gasteiger partial charge in [0.15, 0.2) is 0 Å². The molecular weight excluding hydrogens is 224 g/mol. The first kappa shape index (κ1) is 13.9. The SMILES string of the molecule is C1CC2C3CCC(C3)C2C1.CCC(C)C(=O)OC. The molecule has 104 valence electrons. The zero-order chi connectivity index (χ0) is 13.1. The number of carbonyl (C=O) groups excluding carboxylic acids is 1. The average molecular weight is 252 g/mol. The van der Waals surface area contributed by atoms with Crippen molar-refractivity contribution in [2.24, 2.45) is 29.6 Å². The fourth-order valence-electron chi connectivity index (χ4n) is 4.39. The third kappa shape index (κ3) is 2.73. The second-order valence-electron chi connectivity index (χ2n) is 6.42. The van der Waals surface area contributed by atoms with Gasteiger partial charge in [0.05, 0.1) is 13.0 Å². The summed E-state index contributed by atoms with van der Waals surface area (Å²) >= 11 is 0. The van der Waals surface area contributed by atoms with E-state index in [2.05, 4.69) is 4.74 Å². The Hall–Kier alpha value is -0.530. The molecule has 0 saturated heterocycles. The van der Waals surface area contributed by atoms with Gasteiger partial charge in [-0.25, -0.2) is 0 Å². The van der Waals surface area contributed by atoms with E-state index < -0.39 is 0 Å². The van der Waals surface area contributed by atoms with Crippen molar-refractivity contribution in [2.75, 3.05) is 7.11 Å². The van der Waals surface area contributed by atoms with Crippen LogP contribution in [0.15, 0.2) is 0 Å². The molecule has 0 aromatic rings. The summed E-state index contributed by atoms with van der Waals surface area (Å²) in [5.74, 6) is 4.74. The lowest BCUT2D eigenvalue weighted by molar-refractivity contribution is -0.144. The van der Waals surface area contributed by atoms with Crippen LogP contribution in [0.1, 0.15) is 58.8 Å². The lowest BCUT2D eigenvalue weighted by atomic mass is 9.82. The lowest BCUT2D eigenvalue weighted by Crippen LogP contribution is -2.15. The largest absolute Gasteiger partial charge is 0.469 e. The van der Waals surface area contributed by atoms with Crippen LogP contribution in [0.4, 0.5) is 0 Å². The van der Waals surface area contributed by atoms with Gasteiger partial charge in [-0.1, -0.05) is 20.3 Å². The molecule has 2 heteroatoms. The van der Waals surface area contributed by atoms with Crippen molar-refractivity contribution < 1.29 is 9.53 Å². The maximum Gasteiger partial charge on any atom is 0.308 e. The molecule has 3 aliphatic carbocycles. The minimum atomic E-state index is -0.118. The molecule has 0 spiro atoms. The number of ether oxygens (including phenoxy) is 1. The first-order valence-electron chi connectivity index (χ1n) is 7.75. The third-order valence-corrected chi connectivity index (χ3v) is 5.57. The molecule has 3 saturated carbocycles. The summed E-state index contributed by atoms with van der Waals surface area (Å²) < 4.78 is 4.46. The highest BCUT2D eigenvalue weighted by molar-refractivity contribution is 5.71. The second kappa shape index (κ2) is 6.08. The molecule has 3 fully saturated rings. The first-order chi connectivity index (χ1) is 8.67. The molecule has 0 N–H and O–H groups in total. The molecular formula is C16H28O2. The topological polar surface area (TPSA) is 26.3 Å². The normalized spacial score (nSPS) is 37.7. The molecule has 0 heterocycles. The van der Waals surface area contributed by atoms with Gasteiger partial charge in [0, 0.05) is 0 Å². The molecule has 18 heavy (non-hydrogen) atoms. The fraction of sp³-hybridized carbons (Fsp3) is 0.938. The zero-order valence-electron chi connectivity index (χ0n) is 12.2. The molecule has 0 aliphatic heterocycles. The van der Waals surface area contributed by atoms with Gasteiger partial charge < -0.3 is 4.74 Å². The molecule has 0 aromatic carbocycles. The van der Waals surface area contributed by atoms with Crippen molar-refractivity contribution in [1.82, 2.24) is 0 Å². The Labute approximate surface area is 111 Å². The molecule has 5 atom stereocenters. The number of carbonyl (C=O) groups is 1. The van der Waals surface area contributed by atoms with Crippen LogP contribution in [-0.2, 0) is 9.53 Å². The number of fused-ring (bicyclic) bond motifs is 5. The van der Waals surface area contributed by atoms with Crippen molar-refractivity contribution in [3.8, 4) is 0 Å². The molecule has 0 amide bonds. The van der Waals surface area contributed by atoms with E-state index in [1.165, 1.54) is 30.8 Å². The Morgan fingerprint density at radius 2 is 1.72 bits per heavy atom. The summed E-state index contributed by atoms with van der Waals surface area (Å²) in [6.45, 7) is 3.81. The maximum atomic E-state index is 10.5. The maximum absolute atomic E-state index is 10.5. The van der Waals surface area contributed by atoms with Gasteiger partial charge in [-0.05, 0) is 62.2 Å². The van der Waals surface area contributed by atoms with Gasteiger partial charge in [-0.15, -0.1) is 0 Å². The van der Waals surface area contributed by atoms with E-state index in [-0.39, 0.29) is 11.9 Å². The van der Waals surface area contributed by atoms with Gasteiger partial charge in [0.2, 0.25) is 0 Å². The van der Waals surface area contributed by atoms with Gasteiger partial charge >= 0.3 is 5.97 Å². The second-order valence-corrected chi connectivity index (χ2v) is 6.42. The van der Waals surface area contributed by atoms with Crippen LogP contribution in [0.3, 0.4) is 0 Å². The predicted molar refractivity (Wildman–Crippen MR) is 73.1 cm³/mol. The van der Waals surface area contributed by atoms with E-state index in [0.29, 0.717) is 0 Å². The van der Waals surface area contributed by atoms with Crippen LogP contribution < -0.4 is 0 Å². The van der Waals surface area contributed by atoms with Crippen molar-refractivity contribution in [1.29, 1.82) is 0 Å². The van der Waals surface area contributed by atoms with Crippen LogP contribution in [-0.4, -0.2) is 13.1 Å². The van der Waals surface area contributed by atoms with Crippen LogP contribution in [0, 0.1) is 29.6 Å². The van der Waals surface area contributed by atoms with E-state index in [1.807, 2.05) is 13.8 Å². The molecule has 0 radical (unpaired) electrons. The summed E-state index contributed by atoms with van der Waals surface area (Å²) in [7, 11) is 1.41. The summed E-state index contributed by atoms with van der Waals surface area (Å²) in [5, 5.41) is 0. The minimum Gasteiger partial charge on any atom is -0.469 e. The van der Waals surface area contributed by atoms with E-state index in [1.54, 1.807) is 38.5 Å². The lowest BCUT2D eigenvalue weighted by Gasteiger charge is -2.23. The van der Waals surface area contributed by atoms with E-state index in [0.717, 1.165) is 6.42 Å². The van der Waals surface area contributed by atoms with Crippen molar-refractivity contribution in [3.05, 3.63) is 0 Å². The van der Waals surface area contributed by atoms with Crippen LogP contribution in [0.5, 0.6) is 0 Å². The van der Waals surface area contributed by atoms with Gasteiger partial charge in [-0.2, -0.15) is 0 Å².